The zero-order valence-corrected chi connectivity index (χ0v) is 11.5. The molecule has 0 bridgehead atoms. The van der Waals surface area contributed by atoms with Crippen molar-refractivity contribution in [2.45, 2.75) is 38.9 Å². The predicted molar refractivity (Wildman–Crippen MR) is 69.1 cm³/mol. The van der Waals surface area contributed by atoms with E-state index in [4.69, 9.17) is 0 Å². The minimum atomic E-state index is -3.29. The van der Waals surface area contributed by atoms with Crippen molar-refractivity contribution in [3.05, 3.63) is 0 Å². The number of hydrogen-bond donors (Lipinski definition) is 2. The van der Waals surface area contributed by atoms with E-state index in [2.05, 4.69) is 26.9 Å². The molecule has 0 atom stereocenters. The molecule has 17 heavy (non-hydrogen) atoms. The van der Waals surface area contributed by atoms with E-state index in [1.807, 2.05) is 0 Å². The molecular weight excluding hydrogens is 240 g/mol. The molecule has 0 aromatic carbocycles. The highest BCUT2D eigenvalue weighted by Crippen LogP contribution is 2.00. The Bertz CT molecular complexity index is 365. The van der Waals surface area contributed by atoms with Crippen molar-refractivity contribution in [1.29, 1.82) is 0 Å². The molecule has 100 valence electrons. The summed E-state index contributed by atoms with van der Waals surface area (Å²) >= 11 is 0. The van der Waals surface area contributed by atoms with Gasteiger partial charge in [0.25, 0.3) is 0 Å². The molecular formula is C10H22N4O2S. The predicted octanol–water partition coefficient (Wildman–Crippen LogP) is 0.291. The molecule has 6 nitrogen and oxygen atoms in total. The zero-order chi connectivity index (χ0) is 12.9. The van der Waals surface area contributed by atoms with E-state index in [9.17, 15) is 8.42 Å². The Balaban J connectivity index is 2.47. The minimum absolute atomic E-state index is 0.353. The third-order valence-corrected chi connectivity index (χ3v) is 4.31. The molecule has 7 heteroatoms. The summed E-state index contributed by atoms with van der Waals surface area (Å²) in [4.78, 5) is 6.31. The van der Waals surface area contributed by atoms with Gasteiger partial charge in [-0.3, -0.25) is 9.62 Å². The molecule has 0 saturated heterocycles. The van der Waals surface area contributed by atoms with Crippen LogP contribution in [0.25, 0.3) is 0 Å². The van der Waals surface area contributed by atoms with E-state index in [0.717, 1.165) is 19.4 Å². The van der Waals surface area contributed by atoms with Crippen LogP contribution in [0.3, 0.4) is 0 Å². The monoisotopic (exact) mass is 262 g/mol. The van der Waals surface area contributed by atoms with E-state index in [1.54, 1.807) is 13.8 Å². The Kier molecular flexibility index (Phi) is 5.20. The first-order valence-corrected chi connectivity index (χ1v) is 7.52. The Morgan fingerprint density at radius 2 is 2.24 bits per heavy atom. The highest BCUT2D eigenvalue weighted by atomic mass is 32.2. The minimum Gasteiger partial charge on any atom is -0.343 e. The first-order chi connectivity index (χ1) is 7.95. The largest absolute Gasteiger partial charge is 0.343 e. The van der Waals surface area contributed by atoms with E-state index in [0.29, 0.717) is 19.3 Å². The Morgan fingerprint density at radius 1 is 1.53 bits per heavy atom. The fraction of sp³-hybridized carbons (Fsp3) is 0.900. The maximum absolute atomic E-state index is 11.6. The summed E-state index contributed by atoms with van der Waals surface area (Å²) < 4.78 is 25.7. The number of sulfonamides is 1. The molecule has 1 aliphatic rings. The lowest BCUT2D eigenvalue weighted by molar-refractivity contribution is 0.259. The lowest BCUT2D eigenvalue weighted by Crippen LogP contribution is -2.51. The van der Waals surface area contributed by atoms with Gasteiger partial charge in [-0.25, -0.2) is 13.4 Å². The molecule has 0 aromatic rings. The zero-order valence-electron chi connectivity index (χ0n) is 10.7. The van der Waals surface area contributed by atoms with Gasteiger partial charge in [-0.1, -0.05) is 13.3 Å². The molecule has 0 radical (unpaired) electrons. The Labute approximate surface area is 104 Å². The van der Waals surface area contributed by atoms with Gasteiger partial charge in [0.2, 0.25) is 16.0 Å². The van der Waals surface area contributed by atoms with E-state index in [-0.39, 0.29) is 0 Å². The molecule has 1 aliphatic heterocycles. The summed E-state index contributed by atoms with van der Waals surface area (Å²) in [6, 6.07) is 0. The van der Waals surface area contributed by atoms with Crippen LogP contribution in [0.1, 0.15) is 33.6 Å². The van der Waals surface area contributed by atoms with Gasteiger partial charge in [-0.15, -0.1) is 0 Å². The average Bonchev–Trinajstić information content (AvgIpc) is 2.27. The van der Waals surface area contributed by atoms with Gasteiger partial charge >= 0.3 is 0 Å². The van der Waals surface area contributed by atoms with Crippen molar-refractivity contribution in [2.75, 3.05) is 19.9 Å². The Hall–Kier alpha value is -0.820. The van der Waals surface area contributed by atoms with Crippen molar-refractivity contribution < 1.29 is 8.42 Å². The number of hydrogen-bond acceptors (Lipinski definition) is 5. The number of nitrogens with one attached hydrogen (secondary N) is 2. The topological polar surface area (TPSA) is 73.8 Å². The smallest absolute Gasteiger partial charge is 0.237 e. The van der Waals surface area contributed by atoms with Crippen molar-refractivity contribution in [1.82, 2.24) is 14.9 Å². The van der Waals surface area contributed by atoms with Gasteiger partial charge in [0, 0.05) is 6.54 Å². The van der Waals surface area contributed by atoms with Gasteiger partial charge < -0.3 is 5.32 Å². The molecule has 2 N–H and O–H groups in total. The number of guanidine groups is 1. The second-order valence-electron chi connectivity index (χ2n) is 4.43. The number of aliphatic imine (C=N–C) groups is 1. The van der Waals surface area contributed by atoms with Crippen LogP contribution in [0.15, 0.2) is 4.99 Å². The van der Waals surface area contributed by atoms with Crippen molar-refractivity contribution >= 4 is 16.0 Å². The first kappa shape index (κ1) is 14.2. The Morgan fingerprint density at radius 3 is 2.71 bits per heavy atom. The molecule has 0 aliphatic carbocycles. The fourth-order valence-electron chi connectivity index (χ4n) is 1.32. The van der Waals surface area contributed by atoms with E-state index >= 15 is 0 Å². The summed E-state index contributed by atoms with van der Waals surface area (Å²) in [5, 5.41) is 2.52. The van der Waals surface area contributed by atoms with Gasteiger partial charge in [0.05, 0.1) is 18.6 Å². The van der Waals surface area contributed by atoms with Gasteiger partial charge in [-0.2, -0.15) is 0 Å². The quantitative estimate of drug-likeness (QED) is 0.747. The maximum Gasteiger partial charge on any atom is 0.237 e. The van der Waals surface area contributed by atoms with Crippen molar-refractivity contribution in [3.8, 4) is 0 Å². The third kappa shape index (κ3) is 4.51. The number of nitrogens with zero attached hydrogens (tertiary/aromatic N) is 2. The molecule has 0 aromatic heterocycles. The lowest BCUT2D eigenvalue weighted by atomic mass is 10.3. The third-order valence-electron chi connectivity index (χ3n) is 2.59. The van der Waals surface area contributed by atoms with Crippen molar-refractivity contribution in [2.24, 2.45) is 4.99 Å². The van der Waals surface area contributed by atoms with Crippen LogP contribution in [0.4, 0.5) is 0 Å². The van der Waals surface area contributed by atoms with E-state index < -0.39 is 15.3 Å². The molecule has 1 rings (SSSR count). The average molecular weight is 262 g/mol. The van der Waals surface area contributed by atoms with Crippen molar-refractivity contribution in [3.63, 3.8) is 0 Å². The highest BCUT2D eigenvalue weighted by molar-refractivity contribution is 7.90. The van der Waals surface area contributed by atoms with Crippen LogP contribution in [-0.4, -0.2) is 44.4 Å². The summed E-state index contributed by atoms with van der Waals surface area (Å²) in [6.45, 7) is 7.58. The molecule has 0 amide bonds. The maximum atomic E-state index is 11.6. The number of rotatable bonds is 5. The van der Waals surface area contributed by atoms with Gasteiger partial charge in [0.1, 0.15) is 0 Å². The first-order valence-electron chi connectivity index (χ1n) is 5.98. The normalized spacial score (nSPS) is 17.8. The second kappa shape index (κ2) is 6.20. The van der Waals surface area contributed by atoms with Crippen LogP contribution >= 0.6 is 0 Å². The summed E-state index contributed by atoms with van der Waals surface area (Å²) in [7, 11) is -3.29. The van der Waals surface area contributed by atoms with Crippen LogP contribution in [0.2, 0.25) is 0 Å². The summed E-state index contributed by atoms with van der Waals surface area (Å²) in [5.41, 5.74) is 0. The molecule has 0 unspecified atom stereocenters. The lowest BCUT2D eigenvalue weighted by Gasteiger charge is -2.27. The van der Waals surface area contributed by atoms with Crippen LogP contribution in [0, 0.1) is 0 Å². The standard InChI is InChI=1S/C10H22N4O2S/c1-4-5-6-14-7-11-10(12-8-14)13-17(15,16)9(2)3/h9H,4-8H2,1-3H3,(H2,11,12,13). The molecule has 0 fully saturated rings. The van der Waals surface area contributed by atoms with Crippen LogP contribution < -0.4 is 10.0 Å². The molecule has 1 heterocycles. The summed E-state index contributed by atoms with van der Waals surface area (Å²) in [6.07, 6.45) is 2.28. The SMILES string of the molecule is CCCCN1CN=C(NS(=O)(=O)C(C)C)NC1. The van der Waals surface area contributed by atoms with Gasteiger partial charge in [0.15, 0.2) is 0 Å². The molecule has 0 spiro atoms. The second-order valence-corrected chi connectivity index (χ2v) is 6.66. The van der Waals surface area contributed by atoms with Crippen LogP contribution in [-0.2, 0) is 10.0 Å². The number of unbranched alkanes of at least 4 members (excludes halogenated alkanes) is 1. The van der Waals surface area contributed by atoms with Crippen LogP contribution in [0.5, 0.6) is 0 Å². The van der Waals surface area contributed by atoms with Gasteiger partial charge in [-0.05, 0) is 20.3 Å². The van der Waals surface area contributed by atoms with E-state index in [1.165, 1.54) is 0 Å². The fourth-order valence-corrected chi connectivity index (χ4v) is 1.96. The highest BCUT2D eigenvalue weighted by Gasteiger charge is 2.19. The summed E-state index contributed by atoms with van der Waals surface area (Å²) in [5.74, 6) is 0.353. The molecule has 0 saturated carbocycles.